The van der Waals surface area contributed by atoms with Crippen molar-refractivity contribution in [3.8, 4) is 0 Å². The lowest BCUT2D eigenvalue weighted by molar-refractivity contribution is -0.134. The molecule has 1 aliphatic heterocycles. The molecule has 0 spiro atoms. The van der Waals surface area contributed by atoms with Crippen LogP contribution in [-0.2, 0) is 16.1 Å². The highest BCUT2D eigenvalue weighted by Gasteiger charge is 2.20. The monoisotopic (exact) mass is 461 g/mol. The number of nitrogens with zero attached hydrogens (tertiary/aromatic N) is 2. The van der Waals surface area contributed by atoms with Crippen molar-refractivity contribution in [2.45, 2.75) is 13.5 Å². The van der Waals surface area contributed by atoms with Gasteiger partial charge in [-0.05, 0) is 41.6 Å². The lowest BCUT2D eigenvalue weighted by atomic mass is 10.1. The first kappa shape index (κ1) is 22.0. The number of amidine groups is 1. The smallest absolute Gasteiger partial charge is 0.300 e. The summed E-state index contributed by atoms with van der Waals surface area (Å²) in [4.78, 5) is 25.2. The number of carbonyl (C=O) groups excluding carboxylic acids is 1. The first-order valence-corrected chi connectivity index (χ1v) is 10.3. The number of aromatic nitrogens is 1. The molecule has 1 aromatic heterocycles. The molecule has 0 saturated heterocycles. The predicted molar refractivity (Wildman–Crippen MR) is 123 cm³/mol. The van der Waals surface area contributed by atoms with Gasteiger partial charge in [0.15, 0.2) is 5.17 Å². The first-order valence-electron chi connectivity index (χ1n) is 8.74. The quantitative estimate of drug-likeness (QED) is 0.533. The van der Waals surface area contributed by atoms with Gasteiger partial charge < -0.3 is 15.4 Å². The molecule has 2 heterocycles. The number of aliphatic imine (C=N–C) groups is 1. The van der Waals surface area contributed by atoms with Gasteiger partial charge in [-0.2, -0.15) is 4.99 Å². The van der Waals surface area contributed by atoms with Gasteiger partial charge in [-0.25, -0.2) is 0 Å². The minimum Gasteiger partial charge on any atom is -0.481 e. The fraction of sp³-hybridized carbons (Fsp3) is 0.0952. The van der Waals surface area contributed by atoms with E-state index in [0.29, 0.717) is 21.5 Å². The van der Waals surface area contributed by atoms with Crippen molar-refractivity contribution in [3.63, 3.8) is 0 Å². The molecular weight excluding hydrogens is 445 g/mol. The Balaban J connectivity index is 0.000000589. The van der Waals surface area contributed by atoms with Gasteiger partial charge in [-0.1, -0.05) is 47.5 Å². The van der Waals surface area contributed by atoms with Gasteiger partial charge in [-0.3, -0.25) is 9.59 Å². The maximum absolute atomic E-state index is 11.9. The Bertz CT molecular complexity index is 1200. The van der Waals surface area contributed by atoms with Crippen LogP contribution >= 0.6 is 35.0 Å². The number of hydrogen-bond acceptors (Lipinski definition) is 4. The summed E-state index contributed by atoms with van der Waals surface area (Å²) in [6.07, 6.45) is 3.85. The fourth-order valence-electron chi connectivity index (χ4n) is 2.92. The Morgan fingerprint density at radius 3 is 2.57 bits per heavy atom. The molecule has 0 unspecified atom stereocenters. The standard InChI is InChI=1S/C19H13Cl2N3OS.C2H4O2/c20-14-6-5-11(7-15(14)21)9-24-10-12(13-3-1-2-4-16(13)24)8-17-18(25)23-19(22)26-17;1-2(3)4/h1-8,10H,9H2,(H2,22,23,25);1H3,(H,3,4)/b17-8-;. The van der Waals surface area contributed by atoms with Crippen molar-refractivity contribution >= 4 is 69.0 Å². The molecule has 0 saturated carbocycles. The maximum Gasteiger partial charge on any atom is 0.300 e. The van der Waals surface area contributed by atoms with Gasteiger partial charge in [-0.15, -0.1) is 0 Å². The van der Waals surface area contributed by atoms with E-state index in [1.165, 1.54) is 11.8 Å². The highest BCUT2D eigenvalue weighted by atomic mass is 35.5. The lowest BCUT2D eigenvalue weighted by Crippen LogP contribution is -2.01. The number of benzene rings is 2. The number of carboxylic acids is 1. The SMILES string of the molecule is CC(=O)O.NC1=NC(=O)/C(=C/c2cn(Cc3ccc(Cl)c(Cl)c3)c3ccccc23)S1. The van der Waals surface area contributed by atoms with Crippen molar-refractivity contribution in [3.05, 3.63) is 74.7 Å². The average Bonchev–Trinajstić information content (AvgIpc) is 3.18. The van der Waals surface area contributed by atoms with Crippen LogP contribution in [0.3, 0.4) is 0 Å². The van der Waals surface area contributed by atoms with Gasteiger partial charge in [0.05, 0.1) is 15.0 Å². The van der Waals surface area contributed by atoms with E-state index in [4.69, 9.17) is 38.8 Å². The lowest BCUT2D eigenvalue weighted by Gasteiger charge is -2.06. The highest BCUT2D eigenvalue weighted by molar-refractivity contribution is 8.18. The summed E-state index contributed by atoms with van der Waals surface area (Å²) in [5.74, 6) is -1.13. The van der Waals surface area contributed by atoms with E-state index < -0.39 is 5.97 Å². The maximum atomic E-state index is 11.9. The molecule has 2 aromatic carbocycles. The summed E-state index contributed by atoms with van der Waals surface area (Å²) in [6, 6.07) is 13.6. The number of carbonyl (C=O) groups is 2. The van der Waals surface area contributed by atoms with E-state index >= 15 is 0 Å². The second-order valence-electron chi connectivity index (χ2n) is 6.36. The van der Waals surface area contributed by atoms with Crippen LogP contribution in [0.2, 0.25) is 10.0 Å². The number of fused-ring (bicyclic) bond motifs is 1. The molecule has 0 fully saturated rings. The van der Waals surface area contributed by atoms with Crippen LogP contribution < -0.4 is 5.73 Å². The first-order chi connectivity index (χ1) is 14.2. The van der Waals surface area contributed by atoms with E-state index in [9.17, 15) is 4.79 Å². The van der Waals surface area contributed by atoms with Crippen LogP contribution in [0.25, 0.3) is 17.0 Å². The summed E-state index contributed by atoms with van der Waals surface area (Å²) in [7, 11) is 0. The third kappa shape index (κ3) is 5.24. The second kappa shape index (κ2) is 9.38. The minimum absolute atomic E-state index is 0.279. The zero-order valence-corrected chi connectivity index (χ0v) is 18.1. The predicted octanol–water partition coefficient (Wildman–Crippen LogP) is 5.02. The molecule has 3 N–H and O–H groups in total. The number of hydrogen-bond donors (Lipinski definition) is 2. The van der Waals surface area contributed by atoms with Gasteiger partial charge in [0.2, 0.25) is 0 Å². The highest BCUT2D eigenvalue weighted by Crippen LogP contribution is 2.31. The summed E-state index contributed by atoms with van der Waals surface area (Å²) < 4.78 is 2.12. The molecule has 1 aliphatic rings. The largest absolute Gasteiger partial charge is 0.481 e. The van der Waals surface area contributed by atoms with E-state index in [0.717, 1.165) is 29.0 Å². The van der Waals surface area contributed by atoms with Crippen molar-refractivity contribution in [2.24, 2.45) is 10.7 Å². The molecule has 1 amide bonds. The average molecular weight is 462 g/mol. The third-order valence-electron chi connectivity index (χ3n) is 4.08. The van der Waals surface area contributed by atoms with Crippen molar-refractivity contribution in [2.75, 3.05) is 0 Å². The molecule has 3 aromatic rings. The Hall–Kier alpha value is -2.74. The van der Waals surface area contributed by atoms with Crippen LogP contribution in [0.1, 0.15) is 18.1 Å². The van der Waals surface area contributed by atoms with E-state index in [1.807, 2.05) is 48.7 Å². The zero-order valence-electron chi connectivity index (χ0n) is 15.8. The van der Waals surface area contributed by atoms with Gasteiger partial charge >= 0.3 is 0 Å². The number of rotatable bonds is 3. The molecule has 0 aliphatic carbocycles. The Morgan fingerprint density at radius 2 is 1.93 bits per heavy atom. The Morgan fingerprint density at radius 1 is 1.23 bits per heavy atom. The fourth-order valence-corrected chi connectivity index (χ4v) is 3.92. The summed E-state index contributed by atoms with van der Waals surface area (Å²) in [5.41, 5.74) is 8.69. The molecule has 154 valence electrons. The number of halogens is 2. The number of aliphatic carboxylic acids is 1. The molecule has 9 heteroatoms. The van der Waals surface area contributed by atoms with Crippen LogP contribution in [0.4, 0.5) is 0 Å². The van der Waals surface area contributed by atoms with Crippen molar-refractivity contribution in [1.29, 1.82) is 0 Å². The van der Waals surface area contributed by atoms with E-state index in [1.54, 1.807) is 6.07 Å². The molecule has 0 bridgehead atoms. The van der Waals surface area contributed by atoms with E-state index in [-0.39, 0.29) is 11.1 Å². The molecule has 30 heavy (non-hydrogen) atoms. The van der Waals surface area contributed by atoms with Crippen LogP contribution in [-0.4, -0.2) is 26.7 Å². The number of nitrogens with two attached hydrogens (primary N) is 1. The van der Waals surface area contributed by atoms with Crippen LogP contribution in [0, 0.1) is 0 Å². The summed E-state index contributed by atoms with van der Waals surface area (Å²) in [6.45, 7) is 1.72. The topological polar surface area (TPSA) is 97.7 Å². The van der Waals surface area contributed by atoms with Gasteiger partial charge in [0.1, 0.15) is 0 Å². The molecule has 6 nitrogen and oxygen atoms in total. The number of para-hydroxylation sites is 1. The Labute approximate surface area is 187 Å². The molecule has 0 atom stereocenters. The van der Waals surface area contributed by atoms with Crippen LogP contribution in [0.15, 0.2) is 58.6 Å². The molecular formula is C21H17Cl2N3O3S. The Kier molecular flexibility index (Phi) is 6.87. The van der Waals surface area contributed by atoms with Gasteiger partial charge in [0.25, 0.3) is 11.9 Å². The number of carboxylic acid groups (broad SMARTS) is 1. The number of thioether (sulfide) groups is 1. The second-order valence-corrected chi connectivity index (χ2v) is 8.24. The number of amides is 1. The van der Waals surface area contributed by atoms with Crippen LogP contribution in [0.5, 0.6) is 0 Å². The third-order valence-corrected chi connectivity index (χ3v) is 5.63. The van der Waals surface area contributed by atoms with Crippen molar-refractivity contribution in [1.82, 2.24) is 4.57 Å². The summed E-state index contributed by atoms with van der Waals surface area (Å²) in [5, 5.41) is 9.82. The van der Waals surface area contributed by atoms with Crippen molar-refractivity contribution < 1.29 is 14.7 Å². The minimum atomic E-state index is -0.833. The summed E-state index contributed by atoms with van der Waals surface area (Å²) >= 11 is 13.3. The zero-order chi connectivity index (χ0) is 21.8. The van der Waals surface area contributed by atoms with E-state index in [2.05, 4.69) is 9.56 Å². The normalized spacial score (nSPS) is 14.6. The van der Waals surface area contributed by atoms with Gasteiger partial charge in [0, 0.05) is 36.1 Å². The molecule has 4 rings (SSSR count). The molecule has 0 radical (unpaired) electrons.